The summed E-state index contributed by atoms with van der Waals surface area (Å²) in [6.45, 7) is -0.534. The molecular weight excluding hydrogens is 354 g/mol. The average molecular weight is 375 g/mol. The highest BCUT2D eigenvalue weighted by atomic mass is 16.7. The molecule has 8 nitrogen and oxygen atoms in total. The van der Waals surface area contributed by atoms with Crippen LogP contribution in [0.25, 0.3) is 11.1 Å². The number of primary amides is 1. The summed E-state index contributed by atoms with van der Waals surface area (Å²) >= 11 is 0. The van der Waals surface area contributed by atoms with E-state index in [9.17, 15) is 25.2 Å². The molecule has 2 aromatic rings. The smallest absolute Gasteiger partial charge is 0.249 e. The zero-order valence-corrected chi connectivity index (χ0v) is 14.3. The van der Waals surface area contributed by atoms with Gasteiger partial charge in [0.25, 0.3) is 0 Å². The monoisotopic (exact) mass is 375 g/mol. The number of benzene rings is 2. The molecule has 0 bridgehead atoms. The number of carbonyl (C=O) groups excluding carboxylic acids is 1. The first-order valence-corrected chi connectivity index (χ1v) is 8.39. The predicted octanol–water partition coefficient (Wildman–Crippen LogP) is -0.369. The van der Waals surface area contributed by atoms with Crippen molar-refractivity contribution in [3.05, 3.63) is 54.1 Å². The molecule has 0 aliphatic carbocycles. The molecule has 27 heavy (non-hydrogen) atoms. The summed E-state index contributed by atoms with van der Waals surface area (Å²) in [4.78, 5) is 11.6. The largest absolute Gasteiger partial charge is 0.462 e. The maximum absolute atomic E-state index is 11.6. The lowest BCUT2D eigenvalue weighted by Gasteiger charge is -2.39. The minimum absolute atomic E-state index is 0.333. The molecule has 8 heteroatoms. The van der Waals surface area contributed by atoms with Crippen molar-refractivity contribution in [2.75, 3.05) is 6.61 Å². The standard InChI is InChI=1S/C19H21NO7/c20-18(25)13-4-2-1-3-12(13)10-5-7-11(8-6-10)26-19-17(24)16(23)15(22)14(9-21)27-19/h1-8,14-17,19,21-24H,9H2,(H2,20,25)/t14-,15-,16+,17+,19+/m1/s1. The molecule has 144 valence electrons. The van der Waals surface area contributed by atoms with Crippen LogP contribution in [0.2, 0.25) is 0 Å². The second-order valence-electron chi connectivity index (χ2n) is 6.25. The first-order chi connectivity index (χ1) is 12.9. The Morgan fingerprint density at radius 1 is 1.00 bits per heavy atom. The van der Waals surface area contributed by atoms with E-state index >= 15 is 0 Å². The van der Waals surface area contributed by atoms with Crippen molar-refractivity contribution >= 4 is 5.91 Å². The van der Waals surface area contributed by atoms with E-state index in [1.807, 2.05) is 0 Å². The normalized spacial score (nSPS) is 27.9. The van der Waals surface area contributed by atoms with Gasteiger partial charge in [-0.1, -0.05) is 30.3 Å². The summed E-state index contributed by atoms with van der Waals surface area (Å²) in [6.07, 6.45) is -6.75. The highest BCUT2D eigenvalue weighted by Gasteiger charge is 2.44. The number of aliphatic hydroxyl groups is 4. The predicted molar refractivity (Wildman–Crippen MR) is 94.8 cm³/mol. The quantitative estimate of drug-likeness (QED) is 0.480. The fraction of sp³-hybridized carbons (Fsp3) is 0.316. The van der Waals surface area contributed by atoms with E-state index in [2.05, 4.69) is 0 Å². The first-order valence-electron chi connectivity index (χ1n) is 8.39. The van der Waals surface area contributed by atoms with E-state index in [0.717, 1.165) is 5.56 Å². The molecule has 1 amide bonds. The molecular formula is C19H21NO7. The van der Waals surface area contributed by atoms with Crippen molar-refractivity contribution in [3.8, 4) is 16.9 Å². The molecule has 1 heterocycles. The van der Waals surface area contributed by atoms with Gasteiger partial charge in [0.15, 0.2) is 0 Å². The number of nitrogens with two attached hydrogens (primary N) is 1. The topological polar surface area (TPSA) is 142 Å². The molecule has 2 aromatic carbocycles. The fourth-order valence-electron chi connectivity index (χ4n) is 2.96. The Morgan fingerprint density at radius 3 is 2.30 bits per heavy atom. The lowest BCUT2D eigenvalue weighted by Crippen LogP contribution is -2.60. The Kier molecular flexibility index (Phi) is 5.73. The molecule has 1 saturated heterocycles. The van der Waals surface area contributed by atoms with Crippen LogP contribution in [0, 0.1) is 0 Å². The Labute approximate surface area is 155 Å². The van der Waals surface area contributed by atoms with Gasteiger partial charge in [0.2, 0.25) is 12.2 Å². The van der Waals surface area contributed by atoms with Gasteiger partial charge in [-0.3, -0.25) is 4.79 Å². The Bertz CT molecular complexity index is 793. The second kappa shape index (κ2) is 8.03. The van der Waals surface area contributed by atoms with Crippen LogP contribution in [-0.4, -0.2) is 63.6 Å². The van der Waals surface area contributed by atoms with Crippen molar-refractivity contribution in [2.24, 2.45) is 5.73 Å². The number of hydrogen-bond donors (Lipinski definition) is 5. The maximum Gasteiger partial charge on any atom is 0.249 e. The van der Waals surface area contributed by atoms with Crippen LogP contribution in [-0.2, 0) is 4.74 Å². The van der Waals surface area contributed by atoms with Gasteiger partial charge in [0.05, 0.1) is 6.61 Å². The van der Waals surface area contributed by atoms with Crippen LogP contribution >= 0.6 is 0 Å². The van der Waals surface area contributed by atoms with Crippen LogP contribution in [0.1, 0.15) is 10.4 Å². The van der Waals surface area contributed by atoms with Gasteiger partial charge in [-0.2, -0.15) is 0 Å². The zero-order valence-electron chi connectivity index (χ0n) is 14.3. The molecule has 1 aliphatic rings. The summed E-state index contributed by atoms with van der Waals surface area (Å²) < 4.78 is 10.8. The third kappa shape index (κ3) is 3.95. The molecule has 0 aromatic heterocycles. The van der Waals surface area contributed by atoms with Crippen molar-refractivity contribution in [2.45, 2.75) is 30.7 Å². The summed E-state index contributed by atoms with van der Waals surface area (Å²) in [6, 6.07) is 13.6. The van der Waals surface area contributed by atoms with Gasteiger partial charge < -0.3 is 35.6 Å². The Hall–Kier alpha value is -2.49. The second-order valence-corrected chi connectivity index (χ2v) is 6.25. The molecule has 6 N–H and O–H groups in total. The van der Waals surface area contributed by atoms with Gasteiger partial charge in [0.1, 0.15) is 30.2 Å². The Morgan fingerprint density at radius 2 is 1.67 bits per heavy atom. The van der Waals surface area contributed by atoms with Crippen LogP contribution in [0.15, 0.2) is 48.5 Å². The SMILES string of the molecule is NC(=O)c1ccccc1-c1ccc(O[C@H]2O[C@H](CO)[C@@H](O)[C@H](O)[C@@H]2O)cc1. The van der Waals surface area contributed by atoms with Crippen LogP contribution in [0.4, 0.5) is 0 Å². The van der Waals surface area contributed by atoms with Crippen molar-refractivity contribution in [3.63, 3.8) is 0 Å². The lowest BCUT2D eigenvalue weighted by molar-refractivity contribution is -0.277. The molecule has 1 aliphatic heterocycles. The van der Waals surface area contributed by atoms with Gasteiger partial charge in [-0.25, -0.2) is 0 Å². The highest BCUT2D eigenvalue weighted by Crippen LogP contribution is 2.28. The number of hydrogen-bond acceptors (Lipinski definition) is 7. The number of rotatable bonds is 5. The summed E-state index contributed by atoms with van der Waals surface area (Å²) in [7, 11) is 0. The minimum atomic E-state index is -1.51. The zero-order chi connectivity index (χ0) is 19.6. The summed E-state index contributed by atoms with van der Waals surface area (Å²) in [5.74, 6) is -0.202. The van der Waals surface area contributed by atoms with Gasteiger partial charge >= 0.3 is 0 Å². The summed E-state index contributed by atoms with van der Waals surface area (Å²) in [5.41, 5.74) is 7.20. The van der Waals surface area contributed by atoms with Gasteiger partial charge in [-0.15, -0.1) is 0 Å². The van der Waals surface area contributed by atoms with Crippen LogP contribution < -0.4 is 10.5 Å². The molecule has 0 radical (unpaired) electrons. The maximum atomic E-state index is 11.6. The number of ether oxygens (including phenoxy) is 2. The molecule has 0 unspecified atom stereocenters. The highest BCUT2D eigenvalue weighted by molar-refractivity contribution is 5.99. The van der Waals surface area contributed by atoms with Crippen molar-refractivity contribution < 1.29 is 34.7 Å². The molecule has 0 spiro atoms. The minimum Gasteiger partial charge on any atom is -0.462 e. The number of aliphatic hydroxyl groups excluding tert-OH is 4. The fourth-order valence-corrected chi connectivity index (χ4v) is 2.96. The lowest BCUT2D eigenvalue weighted by atomic mass is 9.99. The van der Waals surface area contributed by atoms with E-state index in [-0.39, 0.29) is 0 Å². The van der Waals surface area contributed by atoms with Crippen LogP contribution in [0.3, 0.4) is 0 Å². The van der Waals surface area contributed by atoms with E-state index < -0.39 is 43.2 Å². The van der Waals surface area contributed by atoms with E-state index in [0.29, 0.717) is 16.9 Å². The Balaban J connectivity index is 1.78. The van der Waals surface area contributed by atoms with Crippen LogP contribution in [0.5, 0.6) is 5.75 Å². The molecule has 1 fully saturated rings. The summed E-state index contributed by atoms with van der Waals surface area (Å²) in [5, 5.41) is 38.8. The van der Waals surface area contributed by atoms with Crippen molar-refractivity contribution in [1.82, 2.24) is 0 Å². The molecule has 3 rings (SSSR count). The average Bonchev–Trinajstić information content (AvgIpc) is 2.69. The van der Waals surface area contributed by atoms with E-state index in [4.69, 9.17) is 15.2 Å². The van der Waals surface area contributed by atoms with E-state index in [1.54, 1.807) is 48.5 Å². The molecule has 5 atom stereocenters. The number of carbonyl (C=O) groups is 1. The van der Waals surface area contributed by atoms with Gasteiger partial charge in [0, 0.05) is 5.56 Å². The third-order valence-corrected chi connectivity index (χ3v) is 4.46. The van der Waals surface area contributed by atoms with E-state index in [1.165, 1.54) is 0 Å². The first kappa shape index (κ1) is 19.3. The third-order valence-electron chi connectivity index (χ3n) is 4.46. The van der Waals surface area contributed by atoms with Gasteiger partial charge in [-0.05, 0) is 29.3 Å². The van der Waals surface area contributed by atoms with Crippen molar-refractivity contribution in [1.29, 1.82) is 0 Å². The molecule has 0 saturated carbocycles. The number of amides is 1.